The number of thiol groups is 1. The second-order valence-electron chi connectivity index (χ2n) is 3.59. The third-order valence-corrected chi connectivity index (χ3v) is 6.41. The van der Waals surface area contributed by atoms with Gasteiger partial charge in [0, 0.05) is 11.5 Å². The lowest BCUT2D eigenvalue weighted by Gasteiger charge is -2.14. The van der Waals surface area contributed by atoms with Crippen LogP contribution in [0.2, 0.25) is 0 Å². The van der Waals surface area contributed by atoms with Crippen molar-refractivity contribution in [2.24, 2.45) is 0 Å². The van der Waals surface area contributed by atoms with Crippen LogP contribution in [-0.4, -0.2) is 32.1 Å². The maximum atomic E-state index is 11.6. The van der Waals surface area contributed by atoms with Gasteiger partial charge in [0.1, 0.15) is 0 Å². The number of hydrogen-bond donors (Lipinski definition) is 1. The lowest BCUT2D eigenvalue weighted by molar-refractivity contribution is -0.108. The summed E-state index contributed by atoms with van der Waals surface area (Å²) in [6, 6.07) is 0. The molecule has 0 fully saturated rings. The molecule has 0 aliphatic carbocycles. The summed E-state index contributed by atoms with van der Waals surface area (Å²) in [4.78, 5) is 23.1. The molecule has 0 heterocycles. The van der Waals surface area contributed by atoms with Gasteiger partial charge in [0.2, 0.25) is 10.2 Å². The molecule has 0 aliphatic heterocycles. The first kappa shape index (κ1) is 18.2. The number of rotatable bonds is 8. The van der Waals surface area contributed by atoms with E-state index in [1.165, 1.54) is 23.5 Å². The molecule has 0 N–H and O–H groups in total. The molecule has 0 aromatic carbocycles. The monoisotopic (exact) mass is 322 g/mol. The van der Waals surface area contributed by atoms with Gasteiger partial charge in [0.05, 0.1) is 4.58 Å². The summed E-state index contributed by atoms with van der Waals surface area (Å²) >= 11 is 8.23. The van der Waals surface area contributed by atoms with Crippen LogP contribution >= 0.6 is 47.9 Å². The van der Waals surface area contributed by atoms with E-state index >= 15 is 0 Å². The first-order valence-corrected chi connectivity index (χ1v) is 8.84. The van der Waals surface area contributed by atoms with Gasteiger partial charge < -0.3 is 0 Å². The highest BCUT2D eigenvalue weighted by Crippen LogP contribution is 2.30. The molecule has 18 heavy (non-hydrogen) atoms. The van der Waals surface area contributed by atoms with Gasteiger partial charge >= 0.3 is 0 Å². The Labute approximate surface area is 127 Å². The van der Waals surface area contributed by atoms with Gasteiger partial charge in [-0.1, -0.05) is 36.7 Å². The number of hydrogen-bond acceptors (Lipinski definition) is 6. The van der Waals surface area contributed by atoms with Crippen LogP contribution in [-0.2, 0) is 9.59 Å². The van der Waals surface area contributed by atoms with E-state index in [9.17, 15) is 9.59 Å². The van der Waals surface area contributed by atoms with Crippen LogP contribution in [0.4, 0.5) is 0 Å². The number of thioether (sulfide) groups is 3. The molecular weight excluding hydrogens is 304 g/mol. The van der Waals surface area contributed by atoms with Crippen LogP contribution in [0.15, 0.2) is 24.3 Å². The van der Waals surface area contributed by atoms with Gasteiger partial charge in [-0.2, -0.15) is 12.6 Å². The first-order valence-electron chi connectivity index (χ1n) is 5.30. The molecular formula is C12H18O2S4. The van der Waals surface area contributed by atoms with Crippen LogP contribution in [0.1, 0.15) is 13.8 Å². The average Bonchev–Trinajstić information content (AvgIpc) is 2.31. The molecule has 1 unspecified atom stereocenters. The van der Waals surface area contributed by atoms with Crippen molar-refractivity contribution in [2.75, 3.05) is 17.3 Å². The van der Waals surface area contributed by atoms with E-state index in [0.29, 0.717) is 16.9 Å². The molecule has 0 aliphatic rings. The van der Waals surface area contributed by atoms with Crippen molar-refractivity contribution >= 4 is 58.1 Å². The molecule has 6 heteroatoms. The third-order valence-electron chi connectivity index (χ3n) is 1.68. The van der Waals surface area contributed by atoms with Crippen LogP contribution in [0, 0.1) is 0 Å². The maximum absolute atomic E-state index is 11.6. The summed E-state index contributed by atoms with van der Waals surface area (Å²) in [5.41, 5.74) is 1.07. The van der Waals surface area contributed by atoms with E-state index in [2.05, 4.69) is 25.8 Å². The second-order valence-corrected chi connectivity index (χ2v) is 7.81. The predicted octanol–water partition coefficient (Wildman–Crippen LogP) is 3.65. The minimum absolute atomic E-state index is 0.0185. The highest BCUT2D eigenvalue weighted by atomic mass is 32.2. The Bertz CT molecular complexity index is 339. The van der Waals surface area contributed by atoms with Crippen LogP contribution in [0.5, 0.6) is 0 Å². The molecule has 0 amide bonds. The Hall–Kier alpha value is 0.220. The highest BCUT2D eigenvalue weighted by molar-refractivity contribution is 8.26. The van der Waals surface area contributed by atoms with Crippen molar-refractivity contribution in [3.8, 4) is 0 Å². The van der Waals surface area contributed by atoms with E-state index in [-0.39, 0.29) is 14.8 Å². The standard InChI is InChI=1S/C12H18O2S4/c1-8(2)11(13)17-7-10(16-6-5-15)18-12(14)9(3)4/h10,15H,1,3,5-7H2,2,4H3. The molecule has 0 aromatic rings. The molecule has 0 saturated heterocycles. The van der Waals surface area contributed by atoms with Gasteiger partial charge in [-0.05, 0) is 30.7 Å². The Morgan fingerprint density at radius 3 is 2.17 bits per heavy atom. The van der Waals surface area contributed by atoms with E-state index < -0.39 is 0 Å². The van der Waals surface area contributed by atoms with Crippen molar-refractivity contribution in [2.45, 2.75) is 18.4 Å². The molecule has 0 saturated carbocycles. The van der Waals surface area contributed by atoms with Crippen molar-refractivity contribution in [3.63, 3.8) is 0 Å². The van der Waals surface area contributed by atoms with Gasteiger partial charge in [-0.25, -0.2) is 0 Å². The van der Waals surface area contributed by atoms with E-state index in [4.69, 9.17) is 0 Å². The van der Waals surface area contributed by atoms with Gasteiger partial charge in [0.25, 0.3) is 0 Å². The molecule has 0 bridgehead atoms. The molecule has 2 nitrogen and oxygen atoms in total. The van der Waals surface area contributed by atoms with Crippen molar-refractivity contribution in [1.82, 2.24) is 0 Å². The zero-order chi connectivity index (χ0) is 14.1. The Kier molecular flexibility index (Phi) is 10.2. The minimum atomic E-state index is -0.0187. The topological polar surface area (TPSA) is 34.1 Å². The third kappa shape index (κ3) is 8.34. The SMILES string of the molecule is C=C(C)C(=O)SCC(SCCS)SC(=O)C(=C)C. The Morgan fingerprint density at radius 2 is 1.72 bits per heavy atom. The lowest BCUT2D eigenvalue weighted by atomic mass is 10.4. The van der Waals surface area contributed by atoms with Gasteiger partial charge in [0.15, 0.2) is 0 Å². The Balaban J connectivity index is 4.30. The smallest absolute Gasteiger partial charge is 0.215 e. The maximum Gasteiger partial charge on any atom is 0.215 e. The molecule has 0 rings (SSSR count). The van der Waals surface area contributed by atoms with Crippen molar-refractivity contribution in [3.05, 3.63) is 24.3 Å². The molecule has 0 aromatic heterocycles. The summed E-state index contributed by atoms with van der Waals surface area (Å²) in [5.74, 6) is 2.20. The lowest BCUT2D eigenvalue weighted by Crippen LogP contribution is -2.09. The first-order chi connectivity index (χ1) is 8.38. The van der Waals surface area contributed by atoms with Crippen LogP contribution in [0.25, 0.3) is 0 Å². The normalized spacial score (nSPS) is 11.9. The fourth-order valence-electron chi connectivity index (χ4n) is 0.787. The fourth-order valence-corrected chi connectivity index (χ4v) is 4.33. The van der Waals surface area contributed by atoms with E-state index in [0.717, 1.165) is 11.5 Å². The van der Waals surface area contributed by atoms with E-state index in [1.54, 1.807) is 25.6 Å². The summed E-state index contributed by atoms with van der Waals surface area (Å²) in [7, 11) is 0. The predicted molar refractivity (Wildman–Crippen MR) is 89.8 cm³/mol. The quantitative estimate of drug-likeness (QED) is 0.419. The largest absolute Gasteiger partial charge is 0.282 e. The summed E-state index contributed by atoms with van der Waals surface area (Å²) in [5, 5.41) is -0.0371. The van der Waals surface area contributed by atoms with Gasteiger partial charge in [-0.15, -0.1) is 11.8 Å². The molecule has 0 spiro atoms. The summed E-state index contributed by atoms with van der Waals surface area (Å²) < 4.78 is 0.0506. The second kappa shape index (κ2) is 10.1. The average molecular weight is 323 g/mol. The van der Waals surface area contributed by atoms with Crippen LogP contribution in [0.3, 0.4) is 0 Å². The van der Waals surface area contributed by atoms with Crippen molar-refractivity contribution < 1.29 is 9.59 Å². The summed E-state index contributed by atoms with van der Waals surface area (Å²) in [6.07, 6.45) is 0. The molecule has 102 valence electrons. The summed E-state index contributed by atoms with van der Waals surface area (Å²) in [6.45, 7) is 10.6. The van der Waals surface area contributed by atoms with Crippen LogP contribution < -0.4 is 0 Å². The molecule has 1 atom stereocenters. The van der Waals surface area contributed by atoms with Crippen molar-refractivity contribution in [1.29, 1.82) is 0 Å². The fraction of sp³-hybridized carbons (Fsp3) is 0.500. The van der Waals surface area contributed by atoms with E-state index in [1.807, 2.05) is 0 Å². The van der Waals surface area contributed by atoms with Gasteiger partial charge in [-0.3, -0.25) is 9.59 Å². The zero-order valence-electron chi connectivity index (χ0n) is 10.6. The molecule has 0 radical (unpaired) electrons. The minimum Gasteiger partial charge on any atom is -0.282 e. The number of carbonyl (C=O) groups is 2. The number of carbonyl (C=O) groups excluding carboxylic acids is 2. The Morgan fingerprint density at radius 1 is 1.17 bits per heavy atom. The highest BCUT2D eigenvalue weighted by Gasteiger charge is 2.17. The zero-order valence-corrected chi connectivity index (χ0v) is 13.9.